The highest BCUT2D eigenvalue weighted by Gasteiger charge is 2.11. The predicted molar refractivity (Wildman–Crippen MR) is 53.6 cm³/mol. The average molecular weight is 219 g/mol. The molecule has 0 saturated heterocycles. The van der Waals surface area contributed by atoms with Crippen molar-refractivity contribution in [1.29, 1.82) is 0 Å². The van der Waals surface area contributed by atoms with Crippen molar-refractivity contribution >= 4 is 5.91 Å². The molecule has 1 amide bonds. The van der Waals surface area contributed by atoms with E-state index in [0.717, 1.165) is 0 Å². The van der Waals surface area contributed by atoms with E-state index in [2.05, 4.69) is 15.5 Å². The Morgan fingerprint density at radius 3 is 3.00 bits per heavy atom. The molecule has 16 heavy (non-hydrogen) atoms. The number of amides is 1. The number of carbonyl (C=O) groups excluding carboxylic acids is 1. The van der Waals surface area contributed by atoms with Gasteiger partial charge in [0.25, 0.3) is 5.91 Å². The zero-order valence-electron chi connectivity index (χ0n) is 8.25. The Morgan fingerprint density at radius 2 is 2.31 bits per heavy atom. The molecule has 0 aliphatic rings. The SMILES string of the molecule is O=C(NCc1ccno1)c1ncccc1O. The van der Waals surface area contributed by atoms with Crippen molar-refractivity contribution in [2.75, 3.05) is 0 Å². The van der Waals surface area contributed by atoms with Crippen molar-refractivity contribution in [3.8, 4) is 5.75 Å². The predicted octanol–water partition coefficient (Wildman–Crippen LogP) is 0.705. The summed E-state index contributed by atoms with van der Waals surface area (Å²) in [5, 5.41) is 15.4. The molecule has 6 nitrogen and oxygen atoms in total. The third kappa shape index (κ3) is 2.17. The number of nitrogens with zero attached hydrogens (tertiary/aromatic N) is 2. The van der Waals surface area contributed by atoms with Crippen LogP contribution in [0.5, 0.6) is 5.75 Å². The van der Waals surface area contributed by atoms with Crippen LogP contribution in [-0.2, 0) is 6.54 Å². The van der Waals surface area contributed by atoms with Gasteiger partial charge in [0.05, 0.1) is 12.7 Å². The molecule has 2 aromatic heterocycles. The first-order valence-corrected chi connectivity index (χ1v) is 4.59. The minimum Gasteiger partial charge on any atom is -0.505 e. The summed E-state index contributed by atoms with van der Waals surface area (Å²) in [6.07, 6.45) is 2.92. The van der Waals surface area contributed by atoms with E-state index >= 15 is 0 Å². The molecule has 0 saturated carbocycles. The summed E-state index contributed by atoms with van der Waals surface area (Å²) in [5.74, 6) is -0.0872. The Bertz CT molecular complexity index is 482. The van der Waals surface area contributed by atoms with Gasteiger partial charge in [-0.25, -0.2) is 4.98 Å². The van der Waals surface area contributed by atoms with Gasteiger partial charge in [0.15, 0.2) is 11.5 Å². The molecule has 0 aliphatic carbocycles. The van der Waals surface area contributed by atoms with Gasteiger partial charge in [-0.05, 0) is 12.1 Å². The lowest BCUT2D eigenvalue weighted by Gasteiger charge is -2.03. The lowest BCUT2D eigenvalue weighted by Crippen LogP contribution is -2.23. The van der Waals surface area contributed by atoms with E-state index in [9.17, 15) is 9.90 Å². The van der Waals surface area contributed by atoms with Crippen LogP contribution in [0.15, 0.2) is 35.1 Å². The molecule has 0 radical (unpaired) electrons. The molecule has 2 N–H and O–H groups in total. The summed E-state index contributed by atoms with van der Waals surface area (Å²) in [6, 6.07) is 4.58. The van der Waals surface area contributed by atoms with Crippen LogP contribution >= 0.6 is 0 Å². The van der Waals surface area contributed by atoms with Gasteiger partial charge in [-0.3, -0.25) is 4.79 Å². The number of aromatic nitrogens is 2. The second kappa shape index (κ2) is 4.43. The summed E-state index contributed by atoms with van der Waals surface area (Å²) < 4.78 is 4.80. The largest absolute Gasteiger partial charge is 0.505 e. The van der Waals surface area contributed by atoms with E-state index in [1.165, 1.54) is 18.5 Å². The minimum atomic E-state index is -0.463. The zero-order valence-corrected chi connectivity index (χ0v) is 8.25. The van der Waals surface area contributed by atoms with Gasteiger partial charge in [0.1, 0.15) is 5.75 Å². The summed E-state index contributed by atoms with van der Waals surface area (Å²) in [5.41, 5.74) is -0.0120. The number of pyridine rings is 1. The summed E-state index contributed by atoms with van der Waals surface area (Å²) in [4.78, 5) is 15.3. The molecular weight excluding hydrogens is 210 g/mol. The third-order valence-electron chi connectivity index (χ3n) is 1.92. The standard InChI is InChI=1S/C10H9N3O3/c14-8-2-1-4-11-9(8)10(15)12-6-7-3-5-13-16-7/h1-5,14H,6H2,(H,12,15). The third-order valence-corrected chi connectivity index (χ3v) is 1.92. The van der Waals surface area contributed by atoms with Gasteiger partial charge in [-0.2, -0.15) is 0 Å². The van der Waals surface area contributed by atoms with E-state index < -0.39 is 5.91 Å². The fraction of sp³-hybridized carbons (Fsp3) is 0.100. The maximum Gasteiger partial charge on any atom is 0.274 e. The van der Waals surface area contributed by atoms with Crippen molar-refractivity contribution < 1.29 is 14.4 Å². The fourth-order valence-electron chi connectivity index (χ4n) is 1.16. The first-order chi connectivity index (χ1) is 7.77. The average Bonchev–Trinajstić information content (AvgIpc) is 2.79. The number of rotatable bonds is 3. The number of hydrogen-bond acceptors (Lipinski definition) is 5. The highest BCUT2D eigenvalue weighted by atomic mass is 16.5. The molecule has 2 heterocycles. The normalized spacial score (nSPS) is 10.0. The topological polar surface area (TPSA) is 88.3 Å². The molecule has 6 heteroatoms. The molecule has 0 spiro atoms. The molecule has 0 fully saturated rings. The van der Waals surface area contributed by atoms with Gasteiger partial charge in [0, 0.05) is 12.3 Å². The molecule has 2 aromatic rings. The molecule has 2 rings (SSSR count). The van der Waals surface area contributed by atoms with Crippen molar-refractivity contribution in [3.63, 3.8) is 0 Å². The van der Waals surface area contributed by atoms with E-state index in [0.29, 0.717) is 5.76 Å². The second-order valence-corrected chi connectivity index (χ2v) is 3.03. The molecule has 0 aliphatic heterocycles. The van der Waals surface area contributed by atoms with Crippen LogP contribution < -0.4 is 5.32 Å². The Morgan fingerprint density at radius 1 is 1.44 bits per heavy atom. The van der Waals surface area contributed by atoms with Crippen molar-refractivity contribution in [1.82, 2.24) is 15.5 Å². The molecule has 0 bridgehead atoms. The van der Waals surface area contributed by atoms with E-state index in [-0.39, 0.29) is 18.0 Å². The van der Waals surface area contributed by atoms with Crippen molar-refractivity contribution in [2.45, 2.75) is 6.54 Å². The first kappa shape index (κ1) is 10.2. The summed E-state index contributed by atoms with van der Waals surface area (Å²) >= 11 is 0. The van der Waals surface area contributed by atoms with E-state index in [1.54, 1.807) is 12.1 Å². The Kier molecular flexibility index (Phi) is 2.81. The second-order valence-electron chi connectivity index (χ2n) is 3.03. The summed E-state index contributed by atoms with van der Waals surface area (Å²) in [6.45, 7) is 0.203. The van der Waals surface area contributed by atoms with E-state index in [4.69, 9.17) is 4.52 Å². The van der Waals surface area contributed by atoms with Gasteiger partial charge < -0.3 is 14.9 Å². The molecular formula is C10H9N3O3. The smallest absolute Gasteiger partial charge is 0.274 e. The highest BCUT2D eigenvalue weighted by Crippen LogP contribution is 2.12. The fourth-order valence-corrected chi connectivity index (χ4v) is 1.16. The number of carbonyl (C=O) groups is 1. The lowest BCUT2D eigenvalue weighted by atomic mass is 10.3. The van der Waals surface area contributed by atoms with Crippen LogP contribution in [0, 0.1) is 0 Å². The Hall–Kier alpha value is -2.37. The van der Waals surface area contributed by atoms with Crippen LogP contribution in [-0.4, -0.2) is 21.2 Å². The van der Waals surface area contributed by atoms with Crippen LogP contribution in [0.3, 0.4) is 0 Å². The summed E-state index contributed by atoms with van der Waals surface area (Å²) in [7, 11) is 0. The Balaban J connectivity index is 2.01. The maximum atomic E-state index is 11.6. The van der Waals surface area contributed by atoms with Crippen molar-refractivity contribution in [2.24, 2.45) is 0 Å². The number of aromatic hydroxyl groups is 1. The van der Waals surface area contributed by atoms with Crippen LogP contribution in [0.1, 0.15) is 16.2 Å². The quantitative estimate of drug-likeness (QED) is 0.793. The van der Waals surface area contributed by atoms with E-state index in [1.807, 2.05) is 0 Å². The number of hydrogen-bond donors (Lipinski definition) is 2. The van der Waals surface area contributed by atoms with Gasteiger partial charge in [-0.1, -0.05) is 5.16 Å². The van der Waals surface area contributed by atoms with Gasteiger partial charge >= 0.3 is 0 Å². The van der Waals surface area contributed by atoms with Crippen LogP contribution in [0.4, 0.5) is 0 Å². The van der Waals surface area contributed by atoms with Crippen molar-refractivity contribution in [3.05, 3.63) is 42.0 Å². The number of nitrogens with one attached hydrogen (secondary N) is 1. The lowest BCUT2D eigenvalue weighted by molar-refractivity contribution is 0.0939. The van der Waals surface area contributed by atoms with Gasteiger partial charge in [-0.15, -0.1) is 0 Å². The molecule has 0 aromatic carbocycles. The monoisotopic (exact) mass is 219 g/mol. The Labute approximate surface area is 90.9 Å². The first-order valence-electron chi connectivity index (χ1n) is 4.59. The zero-order chi connectivity index (χ0) is 11.4. The maximum absolute atomic E-state index is 11.6. The van der Waals surface area contributed by atoms with Gasteiger partial charge in [0.2, 0.25) is 0 Å². The highest BCUT2D eigenvalue weighted by molar-refractivity contribution is 5.94. The van der Waals surface area contributed by atoms with Crippen LogP contribution in [0.2, 0.25) is 0 Å². The molecule has 0 atom stereocenters. The minimum absolute atomic E-state index is 0.0120. The van der Waals surface area contributed by atoms with Crippen LogP contribution in [0.25, 0.3) is 0 Å². The molecule has 0 unspecified atom stereocenters. The molecule has 82 valence electrons.